The number of nitrogens with zero attached hydrogens (tertiary/aromatic N) is 3. The van der Waals surface area contributed by atoms with Crippen molar-refractivity contribution in [1.82, 2.24) is 19.8 Å². The van der Waals surface area contributed by atoms with Crippen molar-refractivity contribution in [2.75, 3.05) is 39.5 Å². The Hall–Kier alpha value is -3.16. The van der Waals surface area contributed by atoms with Crippen LogP contribution in [0.2, 0.25) is 0 Å². The van der Waals surface area contributed by atoms with Crippen LogP contribution >= 0.6 is 0 Å². The molecule has 0 saturated heterocycles. The highest BCUT2D eigenvalue weighted by atomic mass is 16.5. The molecule has 0 spiro atoms. The maximum absolute atomic E-state index is 12.9. The van der Waals surface area contributed by atoms with Crippen molar-refractivity contribution in [2.45, 2.75) is 46.2 Å². The van der Waals surface area contributed by atoms with Gasteiger partial charge in [-0.2, -0.15) is 0 Å². The molecule has 37 heavy (non-hydrogen) atoms. The molecule has 0 radical (unpaired) electrons. The van der Waals surface area contributed by atoms with Gasteiger partial charge in [-0.15, -0.1) is 0 Å². The molecule has 2 bridgehead atoms. The molecule has 198 valence electrons. The van der Waals surface area contributed by atoms with E-state index >= 15 is 0 Å². The van der Waals surface area contributed by atoms with Crippen LogP contribution in [0.5, 0.6) is 5.75 Å². The van der Waals surface area contributed by atoms with E-state index < -0.39 is 0 Å². The minimum atomic E-state index is -0.0498. The van der Waals surface area contributed by atoms with Crippen LogP contribution in [0.15, 0.2) is 61.2 Å². The van der Waals surface area contributed by atoms with Crippen molar-refractivity contribution in [3.63, 3.8) is 0 Å². The number of hydrogen-bond donors (Lipinski definition) is 1. The summed E-state index contributed by atoms with van der Waals surface area (Å²) in [4.78, 5) is 19.4. The van der Waals surface area contributed by atoms with Gasteiger partial charge in [0.15, 0.2) is 0 Å². The molecule has 0 saturated carbocycles. The predicted molar refractivity (Wildman–Crippen MR) is 146 cm³/mol. The Balaban J connectivity index is 1.43. The maximum Gasteiger partial charge on any atom is 0.251 e. The zero-order valence-electron chi connectivity index (χ0n) is 22.2. The molecular weight excluding hydrogens is 464 g/mol. The molecule has 2 heterocycles. The Kier molecular flexibility index (Phi) is 10.1. The molecule has 7 nitrogen and oxygen atoms in total. The lowest BCUT2D eigenvalue weighted by Gasteiger charge is -2.25. The molecule has 0 unspecified atom stereocenters. The van der Waals surface area contributed by atoms with Gasteiger partial charge in [-0.25, -0.2) is 4.98 Å². The molecule has 2 aromatic carbocycles. The second-order valence-corrected chi connectivity index (χ2v) is 10.2. The summed E-state index contributed by atoms with van der Waals surface area (Å²) in [7, 11) is 0. The Bertz CT molecular complexity index is 1110. The minimum absolute atomic E-state index is 0.0498. The van der Waals surface area contributed by atoms with Crippen molar-refractivity contribution in [3.8, 4) is 5.75 Å². The van der Waals surface area contributed by atoms with E-state index in [9.17, 15) is 4.79 Å². The van der Waals surface area contributed by atoms with Crippen LogP contribution in [-0.2, 0) is 24.2 Å². The van der Waals surface area contributed by atoms with E-state index in [1.807, 2.05) is 30.7 Å². The van der Waals surface area contributed by atoms with Crippen LogP contribution in [0.3, 0.4) is 0 Å². The molecule has 4 rings (SSSR count). The number of hydrogen-bond acceptors (Lipinski definition) is 5. The number of ether oxygens (including phenoxy) is 2. The summed E-state index contributed by atoms with van der Waals surface area (Å²) in [5.41, 5.74) is 4.19. The second kappa shape index (κ2) is 14.0. The van der Waals surface area contributed by atoms with Gasteiger partial charge < -0.3 is 19.4 Å². The van der Waals surface area contributed by atoms with E-state index in [-0.39, 0.29) is 5.91 Å². The zero-order chi connectivity index (χ0) is 25.9. The monoisotopic (exact) mass is 504 g/mol. The number of unbranched alkanes of at least 4 members (excludes halogenated alkanes) is 1. The standard InChI is InChI=1S/C30H40N4O3/c1-24(2)21-34-14-15-36-16-17-37-29-9-8-27(20-28(29)19-25-6-5-7-26(18-25)22-34)30(35)32-10-3-4-12-33-13-11-31-23-33/h5-9,11,13,18,20,23-24H,3-4,10,12,14-17,19,21-22H2,1-2H3,(H,32,35). The predicted octanol–water partition coefficient (Wildman–Crippen LogP) is 4.55. The molecule has 1 aromatic heterocycles. The Morgan fingerprint density at radius 1 is 1.08 bits per heavy atom. The van der Waals surface area contributed by atoms with Gasteiger partial charge in [0.2, 0.25) is 0 Å². The smallest absolute Gasteiger partial charge is 0.251 e. The van der Waals surface area contributed by atoms with Crippen LogP contribution in [0.1, 0.15) is 53.7 Å². The van der Waals surface area contributed by atoms with Gasteiger partial charge in [0.05, 0.1) is 19.5 Å². The fraction of sp³-hybridized carbons (Fsp3) is 0.467. The van der Waals surface area contributed by atoms with Gasteiger partial charge in [0, 0.05) is 57.1 Å². The van der Waals surface area contributed by atoms with Crippen molar-refractivity contribution < 1.29 is 14.3 Å². The van der Waals surface area contributed by atoms with Crippen molar-refractivity contribution in [2.24, 2.45) is 5.92 Å². The quantitative estimate of drug-likeness (QED) is 0.456. The number of aromatic nitrogens is 2. The first kappa shape index (κ1) is 26.9. The van der Waals surface area contributed by atoms with Gasteiger partial charge in [-0.1, -0.05) is 38.1 Å². The van der Waals surface area contributed by atoms with Crippen molar-refractivity contribution >= 4 is 5.91 Å². The highest BCUT2D eigenvalue weighted by Crippen LogP contribution is 2.25. The van der Waals surface area contributed by atoms with Gasteiger partial charge in [0.25, 0.3) is 5.91 Å². The summed E-state index contributed by atoms with van der Waals surface area (Å²) in [6, 6.07) is 14.5. The number of aryl methyl sites for hydroxylation is 1. The maximum atomic E-state index is 12.9. The van der Waals surface area contributed by atoms with E-state index in [0.717, 1.165) is 50.3 Å². The number of carbonyl (C=O) groups is 1. The Labute approximate surface area is 220 Å². The second-order valence-electron chi connectivity index (χ2n) is 10.2. The molecule has 0 atom stereocenters. The molecule has 0 fully saturated rings. The van der Waals surface area contributed by atoms with Gasteiger partial charge in [-0.05, 0) is 53.6 Å². The molecule has 0 aliphatic carbocycles. The Morgan fingerprint density at radius 3 is 2.81 bits per heavy atom. The van der Waals surface area contributed by atoms with E-state index in [2.05, 4.69) is 57.9 Å². The lowest BCUT2D eigenvalue weighted by atomic mass is 9.99. The highest BCUT2D eigenvalue weighted by Gasteiger charge is 2.14. The lowest BCUT2D eigenvalue weighted by Crippen LogP contribution is -2.31. The van der Waals surface area contributed by atoms with E-state index in [1.54, 1.807) is 6.20 Å². The van der Waals surface area contributed by atoms with Gasteiger partial charge in [0.1, 0.15) is 12.4 Å². The first-order valence-electron chi connectivity index (χ1n) is 13.4. The number of imidazole rings is 1. The van der Waals surface area contributed by atoms with E-state index in [0.29, 0.717) is 44.3 Å². The van der Waals surface area contributed by atoms with Crippen LogP contribution in [0, 0.1) is 5.92 Å². The molecule has 3 aromatic rings. The molecular formula is C30H40N4O3. The van der Waals surface area contributed by atoms with Crippen LogP contribution in [0.4, 0.5) is 0 Å². The highest BCUT2D eigenvalue weighted by molar-refractivity contribution is 5.94. The summed E-state index contributed by atoms with van der Waals surface area (Å²) < 4.78 is 14.0. The largest absolute Gasteiger partial charge is 0.491 e. The molecule has 1 aliphatic rings. The van der Waals surface area contributed by atoms with Crippen LogP contribution < -0.4 is 10.1 Å². The summed E-state index contributed by atoms with van der Waals surface area (Å²) in [6.45, 7) is 10.6. The average molecular weight is 505 g/mol. The normalized spacial score (nSPS) is 15.0. The summed E-state index contributed by atoms with van der Waals surface area (Å²) in [5.74, 6) is 1.36. The van der Waals surface area contributed by atoms with Gasteiger partial charge >= 0.3 is 0 Å². The first-order valence-corrected chi connectivity index (χ1v) is 13.4. The number of nitrogens with one attached hydrogen (secondary N) is 1. The Morgan fingerprint density at radius 2 is 1.97 bits per heavy atom. The minimum Gasteiger partial charge on any atom is -0.491 e. The number of benzene rings is 2. The zero-order valence-corrected chi connectivity index (χ0v) is 22.2. The van der Waals surface area contributed by atoms with E-state index in [4.69, 9.17) is 9.47 Å². The third kappa shape index (κ3) is 8.72. The van der Waals surface area contributed by atoms with E-state index in [1.165, 1.54) is 11.1 Å². The lowest BCUT2D eigenvalue weighted by molar-refractivity contribution is 0.0746. The number of fused-ring (bicyclic) bond motifs is 3. The van der Waals surface area contributed by atoms with Crippen LogP contribution in [0.25, 0.3) is 0 Å². The van der Waals surface area contributed by atoms with Crippen LogP contribution in [-0.4, -0.2) is 59.8 Å². The number of amides is 1. The molecule has 7 heteroatoms. The topological polar surface area (TPSA) is 68.6 Å². The molecule has 1 N–H and O–H groups in total. The SMILES string of the molecule is CC(C)CN1CCOCCOc2ccc(C(=O)NCCCCn3ccnc3)cc2Cc2cccc(c2)C1. The summed E-state index contributed by atoms with van der Waals surface area (Å²) in [5, 5.41) is 3.07. The molecule has 1 aliphatic heterocycles. The first-order chi connectivity index (χ1) is 18.1. The van der Waals surface area contributed by atoms with Gasteiger partial charge in [-0.3, -0.25) is 9.69 Å². The summed E-state index contributed by atoms with van der Waals surface area (Å²) in [6.07, 6.45) is 8.17. The average Bonchev–Trinajstić information content (AvgIpc) is 3.39. The summed E-state index contributed by atoms with van der Waals surface area (Å²) >= 11 is 0. The molecule has 1 amide bonds. The van der Waals surface area contributed by atoms with Crippen molar-refractivity contribution in [1.29, 1.82) is 0 Å². The number of carbonyl (C=O) groups excluding carboxylic acids is 1. The fourth-order valence-corrected chi connectivity index (χ4v) is 4.72. The third-order valence-electron chi connectivity index (χ3n) is 6.46. The number of rotatable bonds is 8. The fourth-order valence-electron chi connectivity index (χ4n) is 4.72. The van der Waals surface area contributed by atoms with Crippen molar-refractivity contribution in [3.05, 3.63) is 83.4 Å². The third-order valence-corrected chi connectivity index (χ3v) is 6.46.